The van der Waals surface area contributed by atoms with Gasteiger partial charge in [0.25, 0.3) is 0 Å². The first kappa shape index (κ1) is 10.8. The molecule has 0 unspecified atom stereocenters. The van der Waals surface area contributed by atoms with Crippen LogP contribution in [0.5, 0.6) is 0 Å². The van der Waals surface area contributed by atoms with Crippen LogP contribution in [0.1, 0.15) is 36.8 Å². The van der Waals surface area contributed by atoms with Crippen molar-refractivity contribution in [3.05, 3.63) is 35.4 Å². The van der Waals surface area contributed by atoms with Crippen LogP contribution in [0.3, 0.4) is 0 Å². The first-order valence-corrected chi connectivity index (χ1v) is 5.45. The minimum absolute atomic E-state index is 0.168. The van der Waals surface area contributed by atoms with Gasteiger partial charge < -0.3 is 5.11 Å². The average Bonchev–Trinajstić information content (AvgIpc) is 2.23. The molecule has 0 aromatic heterocycles. The van der Waals surface area contributed by atoms with Gasteiger partial charge in [0.05, 0.1) is 6.42 Å². The number of carbonyl (C=O) groups is 1. The summed E-state index contributed by atoms with van der Waals surface area (Å²) in [5, 5.41) is 8.96. The van der Waals surface area contributed by atoms with E-state index in [0.29, 0.717) is 0 Å². The summed E-state index contributed by atoms with van der Waals surface area (Å²) >= 11 is 0. The Hall–Kier alpha value is -1.75. The Morgan fingerprint density at radius 1 is 1.50 bits per heavy atom. The van der Waals surface area contributed by atoms with Gasteiger partial charge in [-0.05, 0) is 30.5 Å². The highest BCUT2D eigenvalue weighted by atomic mass is 16.4. The van der Waals surface area contributed by atoms with Gasteiger partial charge in [0.1, 0.15) is 0 Å². The normalized spacial score (nSPS) is 17.2. The molecule has 16 heavy (non-hydrogen) atoms. The molecule has 1 aliphatic carbocycles. The summed E-state index contributed by atoms with van der Waals surface area (Å²) in [7, 11) is 0. The van der Waals surface area contributed by atoms with Crippen molar-refractivity contribution in [3.8, 4) is 12.3 Å². The van der Waals surface area contributed by atoms with Gasteiger partial charge in [0.15, 0.2) is 0 Å². The maximum Gasteiger partial charge on any atom is 0.304 e. The maximum atomic E-state index is 10.9. The summed E-state index contributed by atoms with van der Waals surface area (Å²) < 4.78 is 0. The lowest BCUT2D eigenvalue weighted by molar-refractivity contribution is -0.139. The van der Waals surface area contributed by atoms with Crippen molar-refractivity contribution in [1.82, 2.24) is 0 Å². The molecule has 0 saturated heterocycles. The van der Waals surface area contributed by atoms with Crippen molar-refractivity contribution in [1.29, 1.82) is 0 Å². The molecule has 1 aromatic carbocycles. The summed E-state index contributed by atoms with van der Waals surface area (Å²) in [5.74, 6) is 1.86. The van der Waals surface area contributed by atoms with Crippen molar-refractivity contribution in [3.63, 3.8) is 0 Å². The van der Waals surface area contributed by atoms with E-state index in [9.17, 15) is 4.79 Å². The molecular formula is C14H14O2. The Balaban J connectivity index is 2.33. The minimum atomic E-state index is -0.731. The third kappa shape index (κ3) is 1.81. The van der Waals surface area contributed by atoms with Gasteiger partial charge in [0.2, 0.25) is 0 Å². The topological polar surface area (TPSA) is 37.3 Å². The second-order valence-electron chi connectivity index (χ2n) is 4.43. The number of benzene rings is 1. The minimum Gasteiger partial charge on any atom is -0.481 e. The average molecular weight is 214 g/mol. The fourth-order valence-corrected chi connectivity index (χ4v) is 2.40. The van der Waals surface area contributed by atoms with E-state index in [4.69, 9.17) is 11.5 Å². The molecule has 1 N–H and O–H groups in total. The van der Waals surface area contributed by atoms with E-state index in [-0.39, 0.29) is 11.8 Å². The van der Waals surface area contributed by atoms with Crippen molar-refractivity contribution in [2.45, 2.75) is 31.1 Å². The standard InChI is InChI=1S/C14H14O2/c1-2-11-5-3-6-12(9-11)14(7-4-8-14)10-13(15)16/h1,3,5-6,9H,4,7-8,10H2,(H,15,16). The van der Waals surface area contributed by atoms with E-state index in [1.54, 1.807) is 0 Å². The Labute approximate surface area is 95.3 Å². The molecule has 1 fully saturated rings. The van der Waals surface area contributed by atoms with Gasteiger partial charge in [0, 0.05) is 11.0 Å². The molecule has 2 rings (SSSR count). The van der Waals surface area contributed by atoms with E-state index in [2.05, 4.69) is 5.92 Å². The lowest BCUT2D eigenvalue weighted by atomic mass is 9.62. The highest BCUT2D eigenvalue weighted by Crippen LogP contribution is 2.46. The molecule has 0 atom stereocenters. The van der Waals surface area contributed by atoms with Gasteiger partial charge >= 0.3 is 5.97 Å². The number of terminal acetylenes is 1. The lowest BCUT2D eigenvalue weighted by Gasteiger charge is -2.41. The smallest absolute Gasteiger partial charge is 0.304 e. The molecular weight excluding hydrogens is 200 g/mol. The molecule has 0 radical (unpaired) electrons. The highest BCUT2D eigenvalue weighted by Gasteiger charge is 2.40. The summed E-state index contributed by atoms with van der Waals surface area (Å²) in [6.07, 6.45) is 8.57. The molecule has 0 heterocycles. The van der Waals surface area contributed by atoms with Crippen LogP contribution in [0, 0.1) is 12.3 Å². The summed E-state index contributed by atoms with van der Waals surface area (Å²) in [6, 6.07) is 7.72. The van der Waals surface area contributed by atoms with Crippen LogP contribution >= 0.6 is 0 Å². The molecule has 0 bridgehead atoms. The summed E-state index contributed by atoms with van der Waals surface area (Å²) in [6.45, 7) is 0. The third-order valence-corrected chi connectivity index (χ3v) is 3.44. The van der Waals surface area contributed by atoms with Gasteiger partial charge in [-0.3, -0.25) is 4.79 Å². The molecule has 1 aromatic rings. The Morgan fingerprint density at radius 3 is 2.75 bits per heavy atom. The SMILES string of the molecule is C#Cc1cccc(C2(CC(=O)O)CCC2)c1. The number of carboxylic acids is 1. The van der Waals surface area contributed by atoms with Gasteiger partial charge in [-0.15, -0.1) is 6.42 Å². The van der Waals surface area contributed by atoms with Crippen LogP contribution in [-0.4, -0.2) is 11.1 Å². The fourth-order valence-electron chi connectivity index (χ4n) is 2.40. The van der Waals surface area contributed by atoms with E-state index < -0.39 is 5.97 Å². The Morgan fingerprint density at radius 2 is 2.25 bits per heavy atom. The number of rotatable bonds is 3. The van der Waals surface area contributed by atoms with E-state index in [1.807, 2.05) is 24.3 Å². The lowest BCUT2D eigenvalue weighted by Crippen LogP contribution is -2.36. The third-order valence-electron chi connectivity index (χ3n) is 3.44. The molecule has 0 spiro atoms. The van der Waals surface area contributed by atoms with E-state index >= 15 is 0 Å². The second-order valence-corrected chi connectivity index (χ2v) is 4.43. The predicted octanol–water partition coefficient (Wildman–Crippen LogP) is 2.56. The highest BCUT2D eigenvalue weighted by molar-refractivity contribution is 5.69. The van der Waals surface area contributed by atoms with Crippen molar-refractivity contribution in [2.24, 2.45) is 0 Å². The molecule has 1 aliphatic rings. The number of hydrogen-bond acceptors (Lipinski definition) is 1. The summed E-state index contributed by atoms with van der Waals surface area (Å²) in [4.78, 5) is 10.9. The monoisotopic (exact) mass is 214 g/mol. The van der Waals surface area contributed by atoms with Crippen LogP contribution in [-0.2, 0) is 10.2 Å². The largest absolute Gasteiger partial charge is 0.481 e. The van der Waals surface area contributed by atoms with Gasteiger partial charge in [-0.1, -0.05) is 24.5 Å². The number of hydrogen-bond donors (Lipinski definition) is 1. The van der Waals surface area contributed by atoms with Gasteiger partial charge in [-0.25, -0.2) is 0 Å². The Kier molecular flexibility index (Phi) is 2.70. The maximum absolute atomic E-state index is 10.9. The quantitative estimate of drug-likeness (QED) is 0.785. The second kappa shape index (κ2) is 4.02. The zero-order valence-electron chi connectivity index (χ0n) is 9.07. The predicted molar refractivity (Wildman–Crippen MR) is 62.2 cm³/mol. The van der Waals surface area contributed by atoms with Crippen molar-refractivity contribution >= 4 is 5.97 Å². The van der Waals surface area contributed by atoms with Crippen LogP contribution in [0.2, 0.25) is 0 Å². The first-order valence-electron chi connectivity index (χ1n) is 5.45. The van der Waals surface area contributed by atoms with Crippen LogP contribution in [0.15, 0.2) is 24.3 Å². The fraction of sp³-hybridized carbons (Fsp3) is 0.357. The first-order chi connectivity index (χ1) is 7.66. The van der Waals surface area contributed by atoms with Crippen molar-refractivity contribution < 1.29 is 9.90 Å². The zero-order chi connectivity index (χ0) is 11.6. The number of carboxylic acid groups (broad SMARTS) is 1. The molecule has 1 saturated carbocycles. The molecule has 0 aliphatic heterocycles. The van der Waals surface area contributed by atoms with E-state index in [0.717, 1.165) is 30.4 Å². The van der Waals surface area contributed by atoms with Crippen LogP contribution < -0.4 is 0 Å². The van der Waals surface area contributed by atoms with Crippen LogP contribution in [0.4, 0.5) is 0 Å². The summed E-state index contributed by atoms with van der Waals surface area (Å²) in [5.41, 5.74) is 1.74. The zero-order valence-corrected chi connectivity index (χ0v) is 9.07. The van der Waals surface area contributed by atoms with Crippen molar-refractivity contribution in [2.75, 3.05) is 0 Å². The Bertz CT molecular complexity index is 450. The van der Waals surface area contributed by atoms with Crippen LogP contribution in [0.25, 0.3) is 0 Å². The van der Waals surface area contributed by atoms with Gasteiger partial charge in [-0.2, -0.15) is 0 Å². The number of aliphatic carboxylic acids is 1. The molecule has 2 heteroatoms. The molecule has 2 nitrogen and oxygen atoms in total. The molecule has 82 valence electrons. The molecule has 0 amide bonds. The van der Waals surface area contributed by atoms with E-state index in [1.165, 1.54) is 0 Å².